The van der Waals surface area contributed by atoms with Gasteiger partial charge in [-0.15, -0.1) is 0 Å². The number of hydrogen-bond donors (Lipinski definition) is 2. The summed E-state index contributed by atoms with van der Waals surface area (Å²) in [5, 5.41) is 17.2. The predicted molar refractivity (Wildman–Crippen MR) is 68.0 cm³/mol. The fourth-order valence-electron chi connectivity index (χ4n) is 1.46. The Morgan fingerprint density at radius 2 is 2.16 bits per heavy atom. The zero-order chi connectivity index (χ0) is 14.5. The Balaban J connectivity index is 2.75. The van der Waals surface area contributed by atoms with Crippen LogP contribution >= 0.6 is 0 Å². The van der Waals surface area contributed by atoms with Crippen LogP contribution < -0.4 is 4.72 Å². The number of aliphatic carboxylic acids is 1. The lowest BCUT2D eigenvalue weighted by Crippen LogP contribution is -2.25. The van der Waals surface area contributed by atoms with E-state index < -0.39 is 16.0 Å². The molecule has 2 N–H and O–H groups in total. The SMILES string of the molecule is Cc1cc(S(=O)(=O)NCCCC(=O)O)ccc1C#N. The standard InChI is InChI=1S/C12H14N2O4S/c1-9-7-11(5-4-10(9)8-13)19(17,18)14-6-2-3-12(15)16/h4-5,7,14H,2-3,6H2,1H3,(H,15,16). The molecule has 0 aliphatic rings. The summed E-state index contributed by atoms with van der Waals surface area (Å²) in [6.45, 7) is 1.72. The maximum absolute atomic E-state index is 11.9. The molecule has 0 heterocycles. The van der Waals surface area contributed by atoms with E-state index in [0.29, 0.717) is 11.1 Å². The molecule has 0 unspecified atom stereocenters. The van der Waals surface area contributed by atoms with Gasteiger partial charge in [0.25, 0.3) is 0 Å². The van der Waals surface area contributed by atoms with E-state index in [1.807, 2.05) is 6.07 Å². The molecule has 0 fully saturated rings. The second-order valence-electron chi connectivity index (χ2n) is 3.98. The van der Waals surface area contributed by atoms with Crippen LogP contribution in [-0.2, 0) is 14.8 Å². The van der Waals surface area contributed by atoms with E-state index in [-0.39, 0.29) is 24.3 Å². The highest BCUT2D eigenvalue weighted by Gasteiger charge is 2.14. The number of carboxylic acid groups (broad SMARTS) is 1. The lowest BCUT2D eigenvalue weighted by Gasteiger charge is -2.07. The Labute approximate surface area is 111 Å². The highest BCUT2D eigenvalue weighted by Crippen LogP contribution is 2.14. The van der Waals surface area contributed by atoms with Crippen LogP contribution in [0.4, 0.5) is 0 Å². The average molecular weight is 282 g/mol. The minimum atomic E-state index is -3.66. The van der Waals surface area contributed by atoms with Crippen molar-refractivity contribution in [3.63, 3.8) is 0 Å². The zero-order valence-electron chi connectivity index (χ0n) is 10.4. The van der Waals surface area contributed by atoms with Crippen LogP contribution in [0, 0.1) is 18.3 Å². The van der Waals surface area contributed by atoms with Gasteiger partial charge in [0.15, 0.2) is 0 Å². The molecule has 1 rings (SSSR count). The molecule has 0 aliphatic carbocycles. The molecule has 6 nitrogen and oxygen atoms in total. The molecule has 0 bridgehead atoms. The van der Waals surface area contributed by atoms with E-state index in [0.717, 1.165) is 0 Å². The topological polar surface area (TPSA) is 107 Å². The van der Waals surface area contributed by atoms with Gasteiger partial charge in [-0.1, -0.05) is 0 Å². The molecule has 19 heavy (non-hydrogen) atoms. The monoisotopic (exact) mass is 282 g/mol. The zero-order valence-corrected chi connectivity index (χ0v) is 11.2. The van der Waals surface area contributed by atoms with Crippen molar-refractivity contribution >= 4 is 16.0 Å². The van der Waals surface area contributed by atoms with E-state index in [2.05, 4.69) is 4.72 Å². The molecular formula is C12H14N2O4S. The van der Waals surface area contributed by atoms with Crippen molar-refractivity contribution < 1.29 is 18.3 Å². The Bertz CT molecular complexity index is 617. The lowest BCUT2D eigenvalue weighted by molar-refractivity contribution is -0.137. The van der Waals surface area contributed by atoms with Gasteiger partial charge < -0.3 is 5.11 Å². The predicted octanol–water partition coefficient (Wildman–Crippen LogP) is 1.01. The summed E-state index contributed by atoms with van der Waals surface area (Å²) >= 11 is 0. The summed E-state index contributed by atoms with van der Waals surface area (Å²) < 4.78 is 26.1. The first-order chi connectivity index (χ1) is 8.86. The van der Waals surface area contributed by atoms with Crippen LogP contribution in [0.3, 0.4) is 0 Å². The molecule has 0 spiro atoms. The molecule has 0 atom stereocenters. The normalized spacial score (nSPS) is 10.9. The molecule has 0 saturated carbocycles. The average Bonchev–Trinajstić information content (AvgIpc) is 2.34. The molecule has 1 aromatic rings. The number of carboxylic acids is 1. The third kappa shape index (κ3) is 4.35. The number of nitrogens with zero attached hydrogens (tertiary/aromatic N) is 1. The first-order valence-electron chi connectivity index (χ1n) is 5.59. The van der Waals surface area contributed by atoms with Gasteiger partial charge in [0.1, 0.15) is 0 Å². The molecule has 7 heteroatoms. The van der Waals surface area contributed by atoms with Crippen molar-refractivity contribution in [2.45, 2.75) is 24.7 Å². The third-order valence-electron chi connectivity index (χ3n) is 2.49. The van der Waals surface area contributed by atoms with Gasteiger partial charge in [0.05, 0.1) is 16.5 Å². The summed E-state index contributed by atoms with van der Waals surface area (Å²) in [5.41, 5.74) is 1.00. The Kier molecular flexibility index (Phi) is 5.03. The first-order valence-corrected chi connectivity index (χ1v) is 7.07. The van der Waals surface area contributed by atoms with Gasteiger partial charge in [-0.05, 0) is 37.1 Å². The van der Waals surface area contributed by atoms with Gasteiger partial charge in [-0.25, -0.2) is 13.1 Å². The largest absolute Gasteiger partial charge is 0.481 e. The van der Waals surface area contributed by atoms with Crippen molar-refractivity contribution in [2.75, 3.05) is 6.54 Å². The van der Waals surface area contributed by atoms with E-state index >= 15 is 0 Å². The number of carbonyl (C=O) groups is 1. The van der Waals surface area contributed by atoms with Crippen LogP contribution in [0.5, 0.6) is 0 Å². The number of benzene rings is 1. The van der Waals surface area contributed by atoms with Gasteiger partial charge in [0, 0.05) is 13.0 Å². The minimum Gasteiger partial charge on any atom is -0.481 e. The summed E-state index contributed by atoms with van der Waals surface area (Å²) in [6, 6.07) is 6.17. The molecule has 102 valence electrons. The number of rotatable bonds is 6. The molecule has 0 aliphatic heterocycles. The summed E-state index contributed by atoms with van der Waals surface area (Å²) in [6.07, 6.45) is 0.138. The van der Waals surface area contributed by atoms with E-state index in [9.17, 15) is 13.2 Å². The second kappa shape index (κ2) is 6.31. The second-order valence-corrected chi connectivity index (χ2v) is 5.75. The quantitative estimate of drug-likeness (QED) is 0.757. The van der Waals surface area contributed by atoms with Gasteiger partial charge in [0.2, 0.25) is 10.0 Å². The summed E-state index contributed by atoms with van der Waals surface area (Å²) in [7, 11) is -3.66. The van der Waals surface area contributed by atoms with Gasteiger partial charge in [-0.2, -0.15) is 5.26 Å². The van der Waals surface area contributed by atoms with Crippen LogP contribution in [0.1, 0.15) is 24.0 Å². The van der Waals surface area contributed by atoms with Crippen LogP contribution in [0.15, 0.2) is 23.1 Å². The van der Waals surface area contributed by atoms with E-state index in [4.69, 9.17) is 10.4 Å². The van der Waals surface area contributed by atoms with Gasteiger partial charge in [-0.3, -0.25) is 4.79 Å². The number of nitrogens with one attached hydrogen (secondary N) is 1. The molecule has 0 aromatic heterocycles. The van der Waals surface area contributed by atoms with Gasteiger partial charge >= 0.3 is 5.97 Å². The van der Waals surface area contributed by atoms with Crippen LogP contribution in [0.25, 0.3) is 0 Å². The number of aryl methyl sites for hydroxylation is 1. The van der Waals surface area contributed by atoms with Crippen LogP contribution in [-0.4, -0.2) is 26.0 Å². The molecule has 0 saturated heterocycles. The van der Waals surface area contributed by atoms with E-state index in [1.54, 1.807) is 6.92 Å². The van der Waals surface area contributed by atoms with E-state index in [1.165, 1.54) is 18.2 Å². The van der Waals surface area contributed by atoms with Crippen molar-refractivity contribution in [1.29, 1.82) is 5.26 Å². The van der Waals surface area contributed by atoms with Crippen molar-refractivity contribution in [2.24, 2.45) is 0 Å². The number of nitriles is 1. The highest BCUT2D eigenvalue weighted by molar-refractivity contribution is 7.89. The first kappa shape index (κ1) is 15.1. The lowest BCUT2D eigenvalue weighted by atomic mass is 10.1. The fourth-order valence-corrected chi connectivity index (χ4v) is 2.62. The Morgan fingerprint density at radius 3 is 2.68 bits per heavy atom. The number of hydrogen-bond acceptors (Lipinski definition) is 4. The summed E-state index contributed by atoms with van der Waals surface area (Å²) in [4.78, 5) is 10.4. The maximum Gasteiger partial charge on any atom is 0.303 e. The fraction of sp³-hybridized carbons (Fsp3) is 0.333. The number of sulfonamides is 1. The van der Waals surface area contributed by atoms with Crippen molar-refractivity contribution in [1.82, 2.24) is 4.72 Å². The Hall–Kier alpha value is -1.91. The smallest absolute Gasteiger partial charge is 0.303 e. The van der Waals surface area contributed by atoms with Crippen molar-refractivity contribution in [3.05, 3.63) is 29.3 Å². The minimum absolute atomic E-state index is 0.0632. The maximum atomic E-state index is 11.9. The molecule has 0 amide bonds. The molecule has 1 aromatic carbocycles. The Morgan fingerprint density at radius 1 is 1.47 bits per heavy atom. The van der Waals surface area contributed by atoms with Crippen LogP contribution in [0.2, 0.25) is 0 Å². The summed E-state index contributed by atoms with van der Waals surface area (Å²) in [5.74, 6) is -0.964. The molecule has 0 radical (unpaired) electrons. The highest BCUT2D eigenvalue weighted by atomic mass is 32.2. The molecular weight excluding hydrogens is 268 g/mol. The van der Waals surface area contributed by atoms with Crippen molar-refractivity contribution in [3.8, 4) is 6.07 Å². The third-order valence-corrected chi connectivity index (χ3v) is 3.95.